The van der Waals surface area contributed by atoms with Gasteiger partial charge in [-0.05, 0) is 12.1 Å². The number of rotatable bonds is 0. The van der Waals surface area contributed by atoms with E-state index >= 15 is 0 Å². The maximum atomic E-state index is 10.8. The zero-order valence-corrected chi connectivity index (χ0v) is 6.11. The molecule has 1 aliphatic heterocycles. The van der Waals surface area contributed by atoms with Crippen LogP contribution in [0.5, 0.6) is 0 Å². The predicted molar refractivity (Wildman–Crippen MR) is 37.8 cm³/mol. The van der Waals surface area contributed by atoms with E-state index in [1.54, 1.807) is 0 Å². The quantitative estimate of drug-likeness (QED) is 0.494. The molecule has 0 spiro atoms. The molecule has 1 aromatic rings. The van der Waals surface area contributed by atoms with Gasteiger partial charge in [-0.25, -0.2) is 9.53 Å². The maximum absolute atomic E-state index is 10.8. The second kappa shape index (κ2) is 2.03. The summed E-state index contributed by atoms with van der Waals surface area (Å²) in [4.78, 5) is 0. The van der Waals surface area contributed by atoms with Gasteiger partial charge in [-0.15, -0.1) is 0 Å². The van der Waals surface area contributed by atoms with E-state index in [4.69, 9.17) is 0 Å². The van der Waals surface area contributed by atoms with Gasteiger partial charge in [0.05, 0.1) is 10.7 Å². The molecule has 0 bridgehead atoms. The molecule has 0 aromatic heterocycles. The van der Waals surface area contributed by atoms with Crippen molar-refractivity contribution in [2.75, 3.05) is 0 Å². The van der Waals surface area contributed by atoms with E-state index < -0.39 is 8.10 Å². The number of nitrogens with zero attached hydrogens (tertiary/aromatic N) is 2. The molecule has 0 amide bonds. The lowest BCUT2D eigenvalue weighted by atomic mass is 10.3. The van der Waals surface area contributed by atoms with Crippen LogP contribution in [-0.4, -0.2) is 0 Å². The highest BCUT2D eigenvalue weighted by Gasteiger charge is 1.98. The molecule has 50 valence electrons. The Kier molecular flexibility index (Phi) is 1.18. The minimum atomic E-state index is -2.01. The molecule has 3 nitrogen and oxygen atoms in total. The van der Waals surface area contributed by atoms with Crippen molar-refractivity contribution in [2.45, 2.75) is 0 Å². The van der Waals surface area contributed by atoms with Crippen molar-refractivity contribution < 1.29 is 4.57 Å². The summed E-state index contributed by atoms with van der Waals surface area (Å²) in [7, 11) is -2.01. The molecule has 0 saturated carbocycles. The van der Waals surface area contributed by atoms with E-state index in [9.17, 15) is 4.57 Å². The third-order valence-electron chi connectivity index (χ3n) is 1.31. The van der Waals surface area contributed by atoms with Crippen LogP contribution >= 0.6 is 8.10 Å². The monoisotopic (exact) mass is 152 g/mol. The first-order chi connectivity index (χ1) is 4.86. The Bertz CT molecular complexity index is 361. The first kappa shape index (κ1) is 5.81. The Labute approximate surface area is 58.0 Å². The fourth-order valence-electron chi connectivity index (χ4n) is 0.884. The minimum absolute atomic E-state index is 0.756. The predicted octanol–water partition coefficient (Wildman–Crippen LogP) is 0.329. The normalized spacial score (nSPS) is 15.6. The van der Waals surface area contributed by atoms with Gasteiger partial charge < -0.3 is 0 Å². The van der Waals surface area contributed by atoms with E-state index in [0.29, 0.717) is 0 Å². The summed E-state index contributed by atoms with van der Waals surface area (Å²) >= 11 is 0. The number of para-hydroxylation sites is 2. The third-order valence-corrected chi connectivity index (χ3v) is 2.18. The van der Waals surface area contributed by atoms with Crippen LogP contribution in [0.3, 0.4) is 0 Å². The molecule has 0 fully saturated rings. The van der Waals surface area contributed by atoms with Crippen LogP contribution in [0.15, 0.2) is 33.8 Å². The van der Waals surface area contributed by atoms with Gasteiger partial charge in [0.25, 0.3) is 8.10 Å². The first-order valence-electron chi connectivity index (χ1n) is 2.93. The summed E-state index contributed by atoms with van der Waals surface area (Å²) in [6, 6.07) is 7.35. The fourth-order valence-corrected chi connectivity index (χ4v) is 1.72. The lowest BCUT2D eigenvalue weighted by Crippen LogP contribution is -2.19. The van der Waals surface area contributed by atoms with Gasteiger partial charge in [-0.3, -0.25) is 4.57 Å². The second-order valence-electron chi connectivity index (χ2n) is 1.99. The van der Waals surface area contributed by atoms with Crippen LogP contribution in [0, 0.1) is 0 Å². The molecule has 1 aromatic carbocycles. The Morgan fingerprint density at radius 2 is 1.60 bits per heavy atom. The molecule has 0 atom stereocenters. The summed E-state index contributed by atoms with van der Waals surface area (Å²) in [5.41, 5.74) is 0. The van der Waals surface area contributed by atoms with E-state index in [2.05, 4.69) is 9.53 Å². The first-order valence-corrected chi connectivity index (χ1v) is 4.23. The Morgan fingerprint density at radius 3 is 2.10 bits per heavy atom. The Morgan fingerprint density at radius 1 is 1.10 bits per heavy atom. The molecule has 1 heterocycles. The average molecular weight is 152 g/mol. The molecule has 1 aliphatic rings. The van der Waals surface area contributed by atoms with Crippen LogP contribution < -0.4 is 10.7 Å². The van der Waals surface area contributed by atoms with Crippen molar-refractivity contribution in [1.82, 2.24) is 0 Å². The largest absolute Gasteiger partial charge is 0.288 e. The number of benzene rings is 1. The van der Waals surface area contributed by atoms with Gasteiger partial charge in [0.15, 0.2) is 0 Å². The summed E-state index contributed by atoms with van der Waals surface area (Å²) in [6.07, 6.45) is 0. The molecular formula is C6H5N2OP. The van der Waals surface area contributed by atoms with Crippen LogP contribution in [0.1, 0.15) is 0 Å². The highest BCUT2D eigenvalue weighted by atomic mass is 31.1. The van der Waals surface area contributed by atoms with Gasteiger partial charge in [-0.2, -0.15) is 0 Å². The summed E-state index contributed by atoms with van der Waals surface area (Å²) in [5, 5.41) is 1.51. The zero-order chi connectivity index (χ0) is 6.97. The van der Waals surface area contributed by atoms with Gasteiger partial charge in [0.1, 0.15) is 0 Å². The van der Waals surface area contributed by atoms with Gasteiger partial charge >= 0.3 is 0 Å². The maximum Gasteiger partial charge on any atom is 0.288 e. The van der Waals surface area contributed by atoms with Crippen molar-refractivity contribution in [3.05, 3.63) is 35.0 Å². The van der Waals surface area contributed by atoms with Crippen molar-refractivity contribution in [1.29, 1.82) is 0 Å². The van der Waals surface area contributed by atoms with Gasteiger partial charge in [-0.1, -0.05) is 12.1 Å². The van der Waals surface area contributed by atoms with E-state index in [-0.39, 0.29) is 0 Å². The SMILES string of the molecule is O=[PH]1N=c2ccccc2=N1. The fraction of sp³-hybridized carbons (Fsp3) is 0. The third kappa shape index (κ3) is 0.792. The van der Waals surface area contributed by atoms with Crippen molar-refractivity contribution in [3.63, 3.8) is 0 Å². The summed E-state index contributed by atoms with van der Waals surface area (Å²) in [5.74, 6) is 0. The van der Waals surface area contributed by atoms with Gasteiger partial charge in [0.2, 0.25) is 0 Å². The molecule has 4 heteroatoms. The topological polar surface area (TPSA) is 41.8 Å². The smallest absolute Gasteiger partial charge is 0.275 e. The molecule has 0 saturated heterocycles. The number of hydrogen-bond donors (Lipinski definition) is 0. The molecule has 0 radical (unpaired) electrons. The van der Waals surface area contributed by atoms with Gasteiger partial charge in [0, 0.05) is 0 Å². The van der Waals surface area contributed by atoms with Crippen LogP contribution in [0.2, 0.25) is 0 Å². The van der Waals surface area contributed by atoms with E-state index in [1.165, 1.54) is 0 Å². The highest BCUT2D eigenvalue weighted by Crippen LogP contribution is 2.22. The van der Waals surface area contributed by atoms with Crippen LogP contribution in [0.25, 0.3) is 0 Å². The van der Waals surface area contributed by atoms with Crippen molar-refractivity contribution in [3.8, 4) is 0 Å². The van der Waals surface area contributed by atoms with Crippen molar-refractivity contribution in [2.24, 2.45) is 9.53 Å². The average Bonchev–Trinajstić information content (AvgIpc) is 2.27. The van der Waals surface area contributed by atoms with Crippen LogP contribution in [-0.2, 0) is 4.57 Å². The molecular weight excluding hydrogens is 147 g/mol. The standard InChI is InChI=1S/C6H5N2OP/c9-10-7-5-3-1-2-4-6(5)8-10/h1-4,10H. The molecule has 10 heavy (non-hydrogen) atoms. The summed E-state index contributed by atoms with van der Waals surface area (Å²) < 4.78 is 18.4. The molecule has 0 N–H and O–H groups in total. The number of hydrogen-bond acceptors (Lipinski definition) is 1. The lowest BCUT2D eigenvalue weighted by Gasteiger charge is -1.75. The molecule has 2 rings (SSSR count). The summed E-state index contributed by atoms with van der Waals surface area (Å²) in [6.45, 7) is 0. The zero-order valence-electron chi connectivity index (χ0n) is 5.11. The van der Waals surface area contributed by atoms with Crippen molar-refractivity contribution >= 4 is 8.10 Å². The molecule has 0 aliphatic carbocycles. The lowest BCUT2D eigenvalue weighted by molar-refractivity contribution is 0.589. The van der Waals surface area contributed by atoms with E-state index in [1.807, 2.05) is 24.3 Å². The van der Waals surface area contributed by atoms with Crippen LogP contribution in [0.4, 0.5) is 0 Å². The Balaban J connectivity index is 2.96. The second-order valence-corrected chi connectivity index (χ2v) is 3.01. The highest BCUT2D eigenvalue weighted by molar-refractivity contribution is 7.41. The van der Waals surface area contributed by atoms with E-state index in [0.717, 1.165) is 10.7 Å². The molecule has 0 unspecified atom stereocenters. The minimum Gasteiger partial charge on any atom is -0.275 e. The Hall–Kier alpha value is -0.950. The number of fused-ring (bicyclic) bond motifs is 1.